The molecule has 1 aromatic rings. The van der Waals surface area contributed by atoms with E-state index < -0.39 is 31.8 Å². The fourth-order valence-corrected chi connectivity index (χ4v) is 1.30. The Morgan fingerprint density at radius 3 is 1.50 bits per heavy atom. The van der Waals surface area contributed by atoms with Crippen molar-refractivity contribution in [3.63, 3.8) is 0 Å². The maximum atomic E-state index is 10.5. The quantitative estimate of drug-likeness (QED) is 0.490. The topological polar surface area (TPSA) is 129 Å². The van der Waals surface area contributed by atoms with Gasteiger partial charge in [0.15, 0.2) is 0 Å². The van der Waals surface area contributed by atoms with E-state index in [9.17, 15) is 30.3 Å². The van der Waals surface area contributed by atoms with Crippen molar-refractivity contribution in [2.45, 2.75) is 4.90 Å². The largest absolute Gasteiger partial charge is 0.422 e. The van der Waals surface area contributed by atoms with Crippen molar-refractivity contribution in [1.82, 2.24) is 0 Å². The molecule has 9 nitrogen and oxygen atoms in total. The Hall–Kier alpha value is -2.23. The van der Waals surface area contributed by atoms with E-state index in [2.05, 4.69) is 12.6 Å². The van der Waals surface area contributed by atoms with E-state index in [1.165, 1.54) is 0 Å². The van der Waals surface area contributed by atoms with E-state index in [0.29, 0.717) is 0 Å². The molecule has 0 N–H and O–H groups in total. The first kappa shape index (κ1) is 11.8. The SMILES string of the molecule is O=[N+]([O-])c1cc(S)cc([N+](=O)[O-])c1[N+](=O)[O-]. The van der Waals surface area contributed by atoms with Crippen molar-refractivity contribution >= 4 is 29.7 Å². The van der Waals surface area contributed by atoms with Gasteiger partial charge in [-0.05, 0) is 0 Å². The number of benzene rings is 1. The van der Waals surface area contributed by atoms with Gasteiger partial charge in [-0.25, -0.2) is 0 Å². The summed E-state index contributed by atoms with van der Waals surface area (Å²) in [5.74, 6) is 0. The minimum atomic E-state index is -1.16. The number of nitrogens with zero attached hydrogens (tertiary/aromatic N) is 3. The van der Waals surface area contributed by atoms with Gasteiger partial charge in [-0.3, -0.25) is 30.3 Å². The zero-order valence-electron chi connectivity index (χ0n) is 7.39. The molecule has 0 saturated carbocycles. The standard InChI is InChI=1S/C6H3N3O6S/c10-7(11)4-1-3(16)2-5(8(12)13)6(4)9(14)15/h1-2,16H. The summed E-state index contributed by atoms with van der Waals surface area (Å²) in [5.41, 5.74) is -3.05. The third kappa shape index (κ3) is 2.06. The van der Waals surface area contributed by atoms with Crippen LogP contribution >= 0.6 is 12.6 Å². The van der Waals surface area contributed by atoms with Crippen LogP contribution in [-0.4, -0.2) is 14.8 Å². The number of rotatable bonds is 3. The zero-order chi connectivity index (χ0) is 12.5. The molecule has 0 amide bonds. The third-order valence-corrected chi connectivity index (χ3v) is 1.89. The molecule has 0 spiro atoms. The van der Waals surface area contributed by atoms with Crippen LogP contribution in [0.4, 0.5) is 17.1 Å². The van der Waals surface area contributed by atoms with Gasteiger partial charge in [0.2, 0.25) is 0 Å². The van der Waals surface area contributed by atoms with Crippen LogP contribution < -0.4 is 0 Å². The molecule has 0 radical (unpaired) electrons. The Balaban J connectivity index is 3.67. The Labute approximate surface area is 92.5 Å². The van der Waals surface area contributed by atoms with Crippen LogP contribution in [0.1, 0.15) is 0 Å². The first-order valence-electron chi connectivity index (χ1n) is 3.64. The van der Waals surface area contributed by atoms with Gasteiger partial charge in [-0.15, -0.1) is 12.6 Å². The predicted molar refractivity (Wildman–Crippen MR) is 53.7 cm³/mol. The van der Waals surface area contributed by atoms with Crippen LogP contribution in [0.25, 0.3) is 0 Å². The van der Waals surface area contributed by atoms with E-state index in [1.807, 2.05) is 0 Å². The smallest absolute Gasteiger partial charge is 0.258 e. The van der Waals surface area contributed by atoms with Gasteiger partial charge < -0.3 is 0 Å². The zero-order valence-corrected chi connectivity index (χ0v) is 8.29. The molecular formula is C6H3N3O6S. The molecular weight excluding hydrogens is 242 g/mol. The van der Waals surface area contributed by atoms with E-state index >= 15 is 0 Å². The van der Waals surface area contributed by atoms with Gasteiger partial charge in [0.25, 0.3) is 0 Å². The minimum Gasteiger partial charge on any atom is -0.258 e. The third-order valence-electron chi connectivity index (χ3n) is 1.63. The van der Waals surface area contributed by atoms with Crippen LogP contribution in [0, 0.1) is 30.3 Å². The Bertz CT molecular complexity index is 466. The first-order chi connectivity index (χ1) is 7.34. The molecule has 84 valence electrons. The van der Waals surface area contributed by atoms with Crippen LogP contribution in [0.15, 0.2) is 17.0 Å². The van der Waals surface area contributed by atoms with Gasteiger partial charge in [-0.1, -0.05) is 0 Å². The molecule has 1 rings (SSSR count). The van der Waals surface area contributed by atoms with Gasteiger partial charge in [-0.2, -0.15) is 0 Å². The summed E-state index contributed by atoms with van der Waals surface area (Å²) in [5, 5.41) is 31.5. The predicted octanol–water partition coefficient (Wildman–Crippen LogP) is 1.70. The molecule has 0 aliphatic heterocycles. The van der Waals surface area contributed by atoms with Crippen molar-refractivity contribution in [2.24, 2.45) is 0 Å². The number of nitro groups is 3. The summed E-state index contributed by atoms with van der Waals surface area (Å²) < 4.78 is 0. The molecule has 0 aliphatic carbocycles. The Morgan fingerprint density at radius 2 is 1.25 bits per heavy atom. The van der Waals surface area contributed by atoms with E-state index in [0.717, 1.165) is 12.1 Å². The van der Waals surface area contributed by atoms with E-state index in [-0.39, 0.29) is 4.90 Å². The molecule has 0 heterocycles. The van der Waals surface area contributed by atoms with Crippen LogP contribution in [0.3, 0.4) is 0 Å². The maximum absolute atomic E-state index is 10.5. The molecule has 0 bridgehead atoms. The summed E-state index contributed by atoms with van der Waals surface area (Å²) in [6, 6.07) is 1.57. The van der Waals surface area contributed by atoms with Crippen molar-refractivity contribution in [1.29, 1.82) is 0 Å². The molecule has 0 fully saturated rings. The van der Waals surface area contributed by atoms with Crippen LogP contribution in [0.5, 0.6) is 0 Å². The summed E-state index contributed by atoms with van der Waals surface area (Å²) >= 11 is 3.70. The van der Waals surface area contributed by atoms with Gasteiger partial charge >= 0.3 is 17.1 Å². The van der Waals surface area contributed by atoms with Crippen molar-refractivity contribution in [3.8, 4) is 0 Å². The molecule has 0 aliphatic rings. The van der Waals surface area contributed by atoms with Crippen molar-refractivity contribution in [3.05, 3.63) is 42.5 Å². The molecule has 16 heavy (non-hydrogen) atoms. The maximum Gasteiger partial charge on any atom is 0.422 e. The molecule has 0 saturated heterocycles. The highest BCUT2D eigenvalue weighted by Gasteiger charge is 2.36. The average Bonchev–Trinajstić information content (AvgIpc) is 2.15. The van der Waals surface area contributed by atoms with Gasteiger partial charge in [0.1, 0.15) is 0 Å². The summed E-state index contributed by atoms with van der Waals surface area (Å²) in [7, 11) is 0. The highest BCUT2D eigenvalue weighted by molar-refractivity contribution is 7.80. The molecule has 0 unspecified atom stereocenters. The molecule has 0 atom stereocenters. The average molecular weight is 245 g/mol. The Kier molecular flexibility index (Phi) is 3.04. The fourth-order valence-electron chi connectivity index (χ4n) is 1.06. The van der Waals surface area contributed by atoms with Crippen molar-refractivity contribution in [2.75, 3.05) is 0 Å². The second-order valence-electron chi connectivity index (χ2n) is 2.60. The summed E-state index contributed by atoms with van der Waals surface area (Å²) in [6.45, 7) is 0. The second-order valence-corrected chi connectivity index (χ2v) is 3.12. The highest BCUT2D eigenvalue weighted by atomic mass is 32.1. The molecule has 10 heteroatoms. The number of hydrogen-bond donors (Lipinski definition) is 1. The van der Waals surface area contributed by atoms with E-state index in [1.54, 1.807) is 0 Å². The van der Waals surface area contributed by atoms with Crippen LogP contribution in [0.2, 0.25) is 0 Å². The fraction of sp³-hybridized carbons (Fsp3) is 0. The normalized spacial score (nSPS) is 9.81. The number of nitro benzene ring substituents is 3. The Morgan fingerprint density at radius 1 is 0.875 bits per heavy atom. The molecule has 1 aromatic carbocycles. The molecule has 0 aromatic heterocycles. The summed E-state index contributed by atoms with van der Waals surface area (Å²) in [6.07, 6.45) is 0. The van der Waals surface area contributed by atoms with Gasteiger partial charge in [0.05, 0.1) is 14.8 Å². The highest BCUT2D eigenvalue weighted by Crippen LogP contribution is 2.38. The lowest BCUT2D eigenvalue weighted by Gasteiger charge is -1.97. The lowest BCUT2D eigenvalue weighted by molar-refractivity contribution is -0.441. The second kappa shape index (κ2) is 4.10. The summed E-state index contributed by atoms with van der Waals surface area (Å²) in [4.78, 5) is 28.1. The number of thiol groups is 1. The minimum absolute atomic E-state index is 0.0935. The van der Waals surface area contributed by atoms with Crippen molar-refractivity contribution < 1.29 is 14.8 Å². The lowest BCUT2D eigenvalue weighted by atomic mass is 10.2. The van der Waals surface area contributed by atoms with Crippen LogP contribution in [-0.2, 0) is 0 Å². The van der Waals surface area contributed by atoms with E-state index in [4.69, 9.17) is 0 Å². The monoisotopic (exact) mass is 245 g/mol. The lowest BCUT2D eigenvalue weighted by Crippen LogP contribution is -2.01. The number of hydrogen-bond acceptors (Lipinski definition) is 7. The van der Waals surface area contributed by atoms with Gasteiger partial charge in [0, 0.05) is 17.0 Å². The first-order valence-corrected chi connectivity index (χ1v) is 4.09.